The summed E-state index contributed by atoms with van der Waals surface area (Å²) in [6.07, 6.45) is -2.47. The second-order valence-electron chi connectivity index (χ2n) is 7.88. The minimum Gasteiger partial charge on any atom is -0.378 e. The maximum Gasteiger partial charge on any atom is 0.416 e. The molecule has 2 aromatic rings. The third-order valence-electron chi connectivity index (χ3n) is 5.87. The minimum absolute atomic E-state index is 0.0155. The average molecular weight is 391 g/mol. The van der Waals surface area contributed by atoms with Gasteiger partial charge in [0.1, 0.15) is 0 Å². The fourth-order valence-corrected chi connectivity index (χ4v) is 4.23. The third kappa shape index (κ3) is 4.50. The first-order chi connectivity index (χ1) is 13.3. The van der Waals surface area contributed by atoms with Gasteiger partial charge in [-0.2, -0.15) is 13.2 Å². The van der Waals surface area contributed by atoms with Crippen LogP contribution in [-0.2, 0) is 6.18 Å². The Morgan fingerprint density at radius 2 is 1.86 bits per heavy atom. The summed E-state index contributed by atoms with van der Waals surface area (Å²) in [5.74, 6) is 6.04. The number of alkyl halides is 3. The van der Waals surface area contributed by atoms with E-state index >= 15 is 0 Å². The van der Waals surface area contributed by atoms with Crippen LogP contribution >= 0.6 is 0 Å². The number of rotatable bonds is 6. The van der Waals surface area contributed by atoms with E-state index in [0.29, 0.717) is 5.92 Å². The van der Waals surface area contributed by atoms with Crippen LogP contribution in [0, 0.1) is 11.8 Å². The van der Waals surface area contributed by atoms with Crippen molar-refractivity contribution < 1.29 is 13.2 Å². The standard InChI is InChI=1S/C22H28F3N3/c1-14(13-27-26)8-10-18-15(2)19-12-17(22(23,24)25)9-11-20(19)28-21(18)16-6-4-3-5-7-16/h3-7,9,11-12,14-15,18,21,27-28H,8,10,13,26H2,1-2H3/t14?,15-,18?,21-/m0/s1. The molecular weight excluding hydrogens is 363 g/mol. The molecule has 1 aliphatic heterocycles. The number of hydrazine groups is 1. The maximum absolute atomic E-state index is 13.2. The number of nitrogens with one attached hydrogen (secondary N) is 2. The zero-order chi connectivity index (χ0) is 20.3. The van der Waals surface area contributed by atoms with Crippen LogP contribution in [0.1, 0.15) is 55.3 Å². The Balaban J connectivity index is 1.94. The number of hydrogen-bond donors (Lipinski definition) is 3. The molecule has 6 heteroatoms. The first-order valence-corrected chi connectivity index (χ1v) is 9.77. The average Bonchev–Trinajstić information content (AvgIpc) is 2.67. The summed E-state index contributed by atoms with van der Waals surface area (Å²) in [6.45, 7) is 4.90. The first-order valence-electron chi connectivity index (χ1n) is 9.77. The Morgan fingerprint density at radius 1 is 1.14 bits per heavy atom. The Kier molecular flexibility index (Phi) is 6.30. The molecule has 28 heavy (non-hydrogen) atoms. The molecule has 152 valence electrons. The van der Waals surface area contributed by atoms with Crippen LogP contribution < -0.4 is 16.6 Å². The lowest BCUT2D eigenvalue weighted by molar-refractivity contribution is -0.137. The van der Waals surface area contributed by atoms with E-state index in [1.165, 1.54) is 6.07 Å². The summed E-state index contributed by atoms with van der Waals surface area (Å²) >= 11 is 0. The van der Waals surface area contributed by atoms with Crippen LogP contribution in [0.2, 0.25) is 0 Å². The number of anilines is 1. The zero-order valence-corrected chi connectivity index (χ0v) is 16.3. The van der Waals surface area contributed by atoms with E-state index in [-0.39, 0.29) is 17.9 Å². The lowest BCUT2D eigenvalue weighted by Gasteiger charge is -2.40. The molecule has 0 saturated heterocycles. The topological polar surface area (TPSA) is 50.1 Å². The molecule has 0 aliphatic carbocycles. The van der Waals surface area contributed by atoms with Crippen molar-refractivity contribution in [3.05, 3.63) is 65.2 Å². The summed E-state index contributed by atoms with van der Waals surface area (Å²) in [7, 11) is 0. The van der Waals surface area contributed by atoms with Gasteiger partial charge in [0.2, 0.25) is 0 Å². The third-order valence-corrected chi connectivity index (χ3v) is 5.87. The van der Waals surface area contributed by atoms with Gasteiger partial charge in [-0.1, -0.05) is 44.2 Å². The summed E-state index contributed by atoms with van der Waals surface area (Å²) in [5, 5.41) is 3.52. The molecule has 2 aromatic carbocycles. The number of benzene rings is 2. The quantitative estimate of drug-likeness (QED) is 0.452. The molecule has 4 atom stereocenters. The van der Waals surface area contributed by atoms with E-state index in [4.69, 9.17) is 5.84 Å². The molecule has 1 heterocycles. The molecule has 4 N–H and O–H groups in total. The van der Waals surface area contributed by atoms with Crippen molar-refractivity contribution in [3.63, 3.8) is 0 Å². The van der Waals surface area contributed by atoms with E-state index < -0.39 is 11.7 Å². The van der Waals surface area contributed by atoms with Crippen molar-refractivity contribution in [2.24, 2.45) is 17.7 Å². The fourth-order valence-electron chi connectivity index (χ4n) is 4.23. The van der Waals surface area contributed by atoms with Crippen molar-refractivity contribution in [1.82, 2.24) is 5.43 Å². The van der Waals surface area contributed by atoms with E-state index in [0.717, 1.165) is 42.3 Å². The number of nitrogens with two attached hydrogens (primary N) is 1. The number of halogens is 3. The molecule has 0 radical (unpaired) electrons. The van der Waals surface area contributed by atoms with Gasteiger partial charge in [-0.05, 0) is 59.9 Å². The van der Waals surface area contributed by atoms with Crippen LogP contribution in [0.3, 0.4) is 0 Å². The molecule has 0 fully saturated rings. The van der Waals surface area contributed by atoms with E-state index in [1.54, 1.807) is 6.07 Å². The van der Waals surface area contributed by atoms with Crippen molar-refractivity contribution in [2.75, 3.05) is 11.9 Å². The Labute approximate surface area is 164 Å². The van der Waals surface area contributed by atoms with E-state index in [9.17, 15) is 13.2 Å². The highest BCUT2D eigenvalue weighted by Crippen LogP contribution is 2.48. The fraction of sp³-hybridized carbons (Fsp3) is 0.455. The Morgan fingerprint density at radius 3 is 2.50 bits per heavy atom. The number of fused-ring (bicyclic) bond motifs is 1. The smallest absolute Gasteiger partial charge is 0.378 e. The van der Waals surface area contributed by atoms with Gasteiger partial charge in [0.15, 0.2) is 0 Å². The molecule has 3 rings (SSSR count). The van der Waals surface area contributed by atoms with Crippen LogP contribution in [0.5, 0.6) is 0 Å². The predicted molar refractivity (Wildman–Crippen MR) is 107 cm³/mol. The van der Waals surface area contributed by atoms with Crippen molar-refractivity contribution >= 4 is 5.69 Å². The predicted octanol–water partition coefficient (Wildman–Crippen LogP) is 5.47. The molecule has 1 aliphatic rings. The molecular formula is C22H28F3N3. The molecule has 0 amide bonds. The molecule has 0 aromatic heterocycles. The molecule has 3 nitrogen and oxygen atoms in total. The second-order valence-corrected chi connectivity index (χ2v) is 7.88. The van der Waals surface area contributed by atoms with E-state index in [2.05, 4.69) is 29.8 Å². The first kappa shape index (κ1) is 20.7. The zero-order valence-electron chi connectivity index (χ0n) is 16.3. The van der Waals surface area contributed by atoms with Gasteiger partial charge in [-0.15, -0.1) is 0 Å². The lowest BCUT2D eigenvalue weighted by atomic mass is 9.73. The maximum atomic E-state index is 13.2. The SMILES string of the molecule is CC(CCC1[C@H](C)c2cc(C(F)(F)F)ccc2N[C@H]1c1ccccc1)CNN. The van der Waals surface area contributed by atoms with Gasteiger partial charge in [-0.25, -0.2) is 0 Å². The molecule has 2 unspecified atom stereocenters. The summed E-state index contributed by atoms with van der Waals surface area (Å²) in [5.41, 5.74) is 4.82. The Hall–Kier alpha value is -2.05. The van der Waals surface area contributed by atoms with Crippen molar-refractivity contribution in [2.45, 2.75) is 44.8 Å². The van der Waals surface area contributed by atoms with Gasteiger partial charge >= 0.3 is 6.18 Å². The molecule has 0 saturated carbocycles. The molecule has 0 spiro atoms. The highest BCUT2D eigenvalue weighted by atomic mass is 19.4. The highest BCUT2D eigenvalue weighted by Gasteiger charge is 2.37. The van der Waals surface area contributed by atoms with Crippen LogP contribution in [-0.4, -0.2) is 6.54 Å². The molecule has 0 bridgehead atoms. The highest BCUT2D eigenvalue weighted by molar-refractivity contribution is 5.59. The largest absolute Gasteiger partial charge is 0.416 e. The van der Waals surface area contributed by atoms with Gasteiger partial charge in [0.05, 0.1) is 11.6 Å². The van der Waals surface area contributed by atoms with Gasteiger partial charge < -0.3 is 5.32 Å². The van der Waals surface area contributed by atoms with Gasteiger partial charge in [-0.3, -0.25) is 11.3 Å². The monoisotopic (exact) mass is 391 g/mol. The summed E-state index contributed by atoms with van der Waals surface area (Å²) in [6, 6.07) is 14.3. The van der Waals surface area contributed by atoms with Crippen molar-refractivity contribution in [1.29, 1.82) is 0 Å². The van der Waals surface area contributed by atoms with Gasteiger partial charge in [0, 0.05) is 12.2 Å². The van der Waals surface area contributed by atoms with Gasteiger partial charge in [0.25, 0.3) is 0 Å². The second kappa shape index (κ2) is 8.53. The Bertz CT molecular complexity index is 776. The van der Waals surface area contributed by atoms with Crippen molar-refractivity contribution in [3.8, 4) is 0 Å². The normalized spacial score (nSPS) is 23.0. The van der Waals surface area contributed by atoms with E-state index in [1.807, 2.05) is 25.1 Å². The number of hydrogen-bond acceptors (Lipinski definition) is 3. The summed E-state index contributed by atoms with van der Waals surface area (Å²) < 4.78 is 39.7. The minimum atomic E-state index is -4.33. The van der Waals surface area contributed by atoms with Crippen LogP contribution in [0.15, 0.2) is 48.5 Å². The lowest BCUT2D eigenvalue weighted by Crippen LogP contribution is -2.32. The van der Waals surface area contributed by atoms with Crippen LogP contribution in [0.4, 0.5) is 18.9 Å². The van der Waals surface area contributed by atoms with Crippen LogP contribution in [0.25, 0.3) is 0 Å². The summed E-state index contributed by atoms with van der Waals surface area (Å²) in [4.78, 5) is 0.